The molecule has 6 aromatic rings. The number of carbonyl (C=O) groups is 3. The van der Waals surface area contributed by atoms with E-state index in [4.69, 9.17) is 13.9 Å². The van der Waals surface area contributed by atoms with Crippen LogP contribution in [-0.4, -0.2) is 86.1 Å². The van der Waals surface area contributed by atoms with Crippen LogP contribution < -0.4 is 27.0 Å². The second-order valence-corrected chi connectivity index (χ2v) is 18.0. The molecule has 0 spiro atoms. The van der Waals surface area contributed by atoms with E-state index in [-0.39, 0.29) is 47.1 Å². The summed E-state index contributed by atoms with van der Waals surface area (Å²) in [6.45, 7) is 8.50. The molecule has 4 aromatic heterocycles. The Balaban J connectivity index is 0.730. The maximum Gasteiger partial charge on any atom is 0.329 e. The van der Waals surface area contributed by atoms with Crippen molar-refractivity contribution >= 4 is 40.3 Å². The number of carbonyl (C=O) groups excluding carboxylic acids is 3. The van der Waals surface area contributed by atoms with E-state index in [0.717, 1.165) is 42.6 Å². The molecule has 67 heavy (non-hydrogen) atoms. The number of para-hydroxylation sites is 1. The highest BCUT2D eigenvalue weighted by molar-refractivity contribution is 6.03. The number of nitrogens with zero attached hydrogens (tertiary/aromatic N) is 6. The number of hydrogen-bond donors (Lipinski definition) is 4. The first-order chi connectivity index (χ1) is 32.3. The number of nitrogens with one attached hydrogen (secondary N) is 4. The third-order valence-electron chi connectivity index (χ3n) is 11.8. The number of rotatable bonds is 23. The molecular weight excluding hydrogens is 867 g/mol. The lowest BCUT2D eigenvalue weighted by Gasteiger charge is -2.24. The van der Waals surface area contributed by atoms with Crippen LogP contribution in [0.5, 0.6) is 0 Å². The van der Waals surface area contributed by atoms with Crippen LogP contribution in [0.2, 0.25) is 0 Å². The first-order valence-corrected chi connectivity index (χ1v) is 22.7. The van der Waals surface area contributed by atoms with Crippen LogP contribution in [0.25, 0.3) is 28.2 Å². The Morgan fingerprint density at radius 3 is 2.54 bits per heavy atom. The molecule has 8 rings (SSSR count). The van der Waals surface area contributed by atoms with Crippen LogP contribution in [0.1, 0.15) is 92.1 Å². The Morgan fingerprint density at radius 2 is 1.79 bits per heavy atom. The average Bonchev–Trinajstić information content (AvgIpc) is 3.71. The molecule has 1 aliphatic carbocycles. The van der Waals surface area contributed by atoms with Crippen molar-refractivity contribution in [1.29, 1.82) is 0 Å². The summed E-state index contributed by atoms with van der Waals surface area (Å²) in [4.78, 5) is 59.2. The molecule has 17 nitrogen and oxygen atoms in total. The maximum atomic E-state index is 14.1. The number of piperidine rings is 1. The van der Waals surface area contributed by atoms with Gasteiger partial charge in [-0.15, -0.1) is 0 Å². The molecular formula is C48H56F2N10O7. The lowest BCUT2D eigenvalue weighted by molar-refractivity contribution is -0.135. The number of fused-ring (bicyclic) bond motifs is 1. The summed E-state index contributed by atoms with van der Waals surface area (Å²) in [5, 5.41) is 15.6. The Bertz CT molecular complexity index is 2760. The van der Waals surface area contributed by atoms with Crippen molar-refractivity contribution in [2.75, 3.05) is 50.2 Å². The van der Waals surface area contributed by atoms with Gasteiger partial charge in [0.2, 0.25) is 17.7 Å². The monoisotopic (exact) mass is 922 g/mol. The minimum atomic E-state index is -2.93. The van der Waals surface area contributed by atoms with Crippen molar-refractivity contribution in [3.8, 4) is 17.1 Å². The Morgan fingerprint density at radius 1 is 1.01 bits per heavy atom. The molecule has 1 aliphatic heterocycles. The van der Waals surface area contributed by atoms with E-state index in [2.05, 4.69) is 50.2 Å². The highest BCUT2D eigenvalue weighted by Crippen LogP contribution is 2.31. The van der Waals surface area contributed by atoms with Gasteiger partial charge >= 0.3 is 5.69 Å². The molecule has 2 fully saturated rings. The Labute approximate surface area is 385 Å². The predicted molar refractivity (Wildman–Crippen MR) is 246 cm³/mol. The molecule has 4 N–H and O–H groups in total. The zero-order chi connectivity index (χ0) is 47.1. The lowest BCUT2D eigenvalue weighted by atomic mass is 9.96. The van der Waals surface area contributed by atoms with Crippen LogP contribution in [0.15, 0.2) is 82.5 Å². The standard InChI is InChI=1S/C48H56F2N10O7/c1-48(2,28-65-21-5-8-32-7-4-9-37-42(32)58(3)47(64)60(37)38-16-17-40(61)56-45(38)63)29-66-22-6-19-51-24-30-12-14-34(15-13-30)59-26-35(41(57-59)43(49)50)54-44(62)36-27-67-46(55-36)33-18-20-52-39(23-33)53-25-31-10-11-31/h4,7,9,12-15,18,20,23,26-27,31,38,43,51H,5-6,8,10-11,16-17,19,21-22,24-25,28-29H2,1-3H3,(H,52,53)(H,54,62)(H,56,61,63). The van der Waals surface area contributed by atoms with E-state index in [1.54, 1.807) is 42.1 Å². The van der Waals surface area contributed by atoms with Gasteiger partial charge in [-0.1, -0.05) is 38.1 Å². The van der Waals surface area contributed by atoms with E-state index >= 15 is 0 Å². The van der Waals surface area contributed by atoms with E-state index in [1.807, 2.05) is 30.3 Å². The van der Waals surface area contributed by atoms with Crippen molar-refractivity contribution in [2.24, 2.45) is 18.4 Å². The quantitative estimate of drug-likeness (QED) is 0.0390. The van der Waals surface area contributed by atoms with Gasteiger partial charge in [0.05, 0.1) is 41.8 Å². The van der Waals surface area contributed by atoms with Gasteiger partial charge in [0.15, 0.2) is 11.4 Å². The van der Waals surface area contributed by atoms with Gasteiger partial charge in [0, 0.05) is 56.9 Å². The number of oxazole rings is 1. The molecule has 5 heterocycles. The normalized spacial score (nSPS) is 15.4. The number of aryl methyl sites for hydroxylation is 2. The van der Waals surface area contributed by atoms with Gasteiger partial charge in [0.25, 0.3) is 12.3 Å². The van der Waals surface area contributed by atoms with Gasteiger partial charge in [-0.05, 0) is 92.4 Å². The number of alkyl halides is 2. The fourth-order valence-electron chi connectivity index (χ4n) is 8.06. The number of hydrogen-bond acceptors (Lipinski definition) is 12. The van der Waals surface area contributed by atoms with E-state index < -0.39 is 30.0 Å². The van der Waals surface area contributed by atoms with E-state index in [1.165, 1.54) is 34.6 Å². The van der Waals surface area contributed by atoms with Crippen molar-refractivity contribution in [3.05, 3.63) is 106 Å². The van der Waals surface area contributed by atoms with Crippen molar-refractivity contribution in [1.82, 2.24) is 39.5 Å². The number of ether oxygens (including phenoxy) is 2. The molecule has 19 heteroatoms. The number of benzene rings is 2. The molecule has 2 aliphatic rings. The van der Waals surface area contributed by atoms with Gasteiger partial charge in [0.1, 0.15) is 18.1 Å². The van der Waals surface area contributed by atoms with Crippen molar-refractivity contribution in [3.63, 3.8) is 0 Å². The van der Waals surface area contributed by atoms with Gasteiger partial charge < -0.3 is 29.8 Å². The SMILES string of the molecule is Cn1c(=O)n(C2CCC(=O)NC2=O)c2cccc(CCCOCC(C)(C)COCCCNCc3ccc(-n4cc(NC(=O)c5coc(-c6ccnc(NCC7CC7)c6)n5)c(C(F)F)n4)cc3)c21. The smallest absolute Gasteiger partial charge is 0.329 e. The topological polar surface area (TPSA) is 201 Å². The number of aromatic nitrogens is 6. The predicted octanol–water partition coefficient (Wildman–Crippen LogP) is 6.74. The molecule has 1 saturated carbocycles. The summed E-state index contributed by atoms with van der Waals surface area (Å²) < 4.78 is 50.1. The average molecular weight is 923 g/mol. The van der Waals surface area contributed by atoms with Crippen LogP contribution in [0.3, 0.4) is 0 Å². The minimum absolute atomic E-state index is 0.0695. The second-order valence-electron chi connectivity index (χ2n) is 18.0. The zero-order valence-electron chi connectivity index (χ0n) is 37.9. The third kappa shape index (κ3) is 11.7. The molecule has 2 aromatic carbocycles. The van der Waals surface area contributed by atoms with Crippen LogP contribution in [0.4, 0.5) is 20.3 Å². The Kier molecular flexibility index (Phi) is 14.7. The summed E-state index contributed by atoms with van der Waals surface area (Å²) in [6.07, 6.45) is 6.33. The minimum Gasteiger partial charge on any atom is -0.444 e. The number of anilines is 2. The first-order valence-electron chi connectivity index (χ1n) is 22.7. The first kappa shape index (κ1) is 46.9. The number of imidazole rings is 1. The molecule has 1 atom stereocenters. The van der Waals surface area contributed by atoms with E-state index in [0.29, 0.717) is 67.9 Å². The molecule has 0 bridgehead atoms. The van der Waals surface area contributed by atoms with E-state index in [9.17, 15) is 28.0 Å². The highest BCUT2D eigenvalue weighted by atomic mass is 19.3. The van der Waals surface area contributed by atoms with Gasteiger partial charge in [-0.2, -0.15) is 5.10 Å². The number of amides is 3. The summed E-state index contributed by atoms with van der Waals surface area (Å²) in [7, 11) is 1.71. The summed E-state index contributed by atoms with van der Waals surface area (Å²) in [5.41, 5.74) is 3.35. The summed E-state index contributed by atoms with van der Waals surface area (Å²) in [6, 6.07) is 15.8. The second kappa shape index (κ2) is 20.9. The number of halogens is 2. The highest BCUT2D eigenvalue weighted by Gasteiger charge is 2.32. The zero-order valence-corrected chi connectivity index (χ0v) is 37.9. The molecule has 1 saturated heterocycles. The van der Waals surface area contributed by atoms with Crippen molar-refractivity contribution in [2.45, 2.75) is 77.8 Å². The summed E-state index contributed by atoms with van der Waals surface area (Å²) in [5.74, 6) is 0.0492. The molecule has 354 valence electrons. The largest absolute Gasteiger partial charge is 0.444 e. The maximum absolute atomic E-state index is 14.1. The van der Waals surface area contributed by atoms with Crippen LogP contribution in [-0.2, 0) is 39.1 Å². The number of imide groups is 1. The Hall–Kier alpha value is -6.57. The van der Waals surface area contributed by atoms with Gasteiger partial charge in [-0.25, -0.2) is 28.2 Å². The van der Waals surface area contributed by atoms with Crippen LogP contribution >= 0.6 is 0 Å². The van der Waals surface area contributed by atoms with Crippen molar-refractivity contribution < 1.29 is 37.1 Å². The third-order valence-corrected chi connectivity index (χ3v) is 11.8. The molecule has 1 unspecified atom stereocenters. The van der Waals surface area contributed by atoms with Gasteiger partial charge in [-0.3, -0.25) is 28.8 Å². The number of pyridine rings is 1. The molecule has 0 radical (unpaired) electrons. The summed E-state index contributed by atoms with van der Waals surface area (Å²) >= 11 is 0. The fourth-order valence-corrected chi connectivity index (χ4v) is 8.06. The fraction of sp³-hybridized carbons (Fsp3) is 0.438. The molecule has 3 amide bonds. The lowest BCUT2D eigenvalue weighted by Crippen LogP contribution is -2.44. The van der Waals surface area contributed by atoms with Crippen LogP contribution in [0, 0.1) is 11.3 Å².